The van der Waals surface area contributed by atoms with Gasteiger partial charge in [0, 0.05) is 24.5 Å². The van der Waals surface area contributed by atoms with Crippen molar-refractivity contribution in [2.24, 2.45) is 5.10 Å². The van der Waals surface area contributed by atoms with E-state index in [2.05, 4.69) is 25.8 Å². The van der Waals surface area contributed by atoms with Gasteiger partial charge in [-0.05, 0) is 55.3 Å². The zero-order valence-corrected chi connectivity index (χ0v) is 19.1. The molecule has 1 unspecified atom stereocenters. The summed E-state index contributed by atoms with van der Waals surface area (Å²) in [6.45, 7) is 5.31. The lowest BCUT2D eigenvalue weighted by Gasteiger charge is -2.32. The van der Waals surface area contributed by atoms with Gasteiger partial charge in [-0.1, -0.05) is 12.1 Å². The van der Waals surface area contributed by atoms with Gasteiger partial charge in [-0.25, -0.2) is 14.8 Å². The van der Waals surface area contributed by atoms with E-state index in [0.29, 0.717) is 31.1 Å². The highest BCUT2D eigenvalue weighted by Gasteiger charge is 2.30. The monoisotopic (exact) mass is 488 g/mol. The lowest BCUT2D eigenvalue weighted by molar-refractivity contribution is -0.137. The summed E-state index contributed by atoms with van der Waals surface area (Å²) < 4.78 is 58.5. The van der Waals surface area contributed by atoms with E-state index in [1.165, 1.54) is 6.07 Å². The van der Waals surface area contributed by atoms with Crippen LogP contribution >= 0.6 is 0 Å². The van der Waals surface area contributed by atoms with Crippen molar-refractivity contribution in [3.63, 3.8) is 0 Å². The molecule has 4 rings (SSSR count). The summed E-state index contributed by atoms with van der Waals surface area (Å²) in [5.41, 5.74) is 4.58. The van der Waals surface area contributed by atoms with Crippen LogP contribution in [-0.2, 0) is 10.9 Å². The minimum atomic E-state index is -4.41. The maximum atomic E-state index is 14.3. The van der Waals surface area contributed by atoms with Crippen molar-refractivity contribution in [2.75, 3.05) is 35.3 Å². The van der Waals surface area contributed by atoms with Crippen LogP contribution in [0.2, 0.25) is 0 Å². The molecule has 1 fully saturated rings. The fraction of sp³-hybridized carbons (Fsp3) is 0.292. The number of hydrazone groups is 1. The minimum Gasteiger partial charge on any atom is -0.375 e. The second-order valence-corrected chi connectivity index (χ2v) is 8.14. The van der Waals surface area contributed by atoms with E-state index in [1.807, 2.05) is 13.8 Å². The highest BCUT2D eigenvalue weighted by atomic mass is 19.4. The molecule has 0 radical (unpaired) electrons. The Labute approximate surface area is 199 Å². The molecule has 184 valence electrons. The summed E-state index contributed by atoms with van der Waals surface area (Å²) in [5.74, 6) is -0.181. The molecule has 2 N–H and O–H groups in total. The van der Waals surface area contributed by atoms with Crippen LogP contribution in [0.4, 0.5) is 40.7 Å². The molecule has 0 aliphatic carbocycles. The van der Waals surface area contributed by atoms with Crippen LogP contribution in [0.15, 0.2) is 53.8 Å². The number of hydrogen-bond donors (Lipinski definition) is 2. The molecule has 0 amide bonds. The SMILES string of the molecule is Cc1cc(Nc2cccc(C(F)(F)F)c2)ccc1/C=N/Nc1ncc(F)c(N2CCOC(C)C2)n1. The minimum absolute atomic E-state index is 0.0263. The number of benzene rings is 2. The first-order valence-electron chi connectivity index (χ1n) is 10.9. The third-order valence-electron chi connectivity index (χ3n) is 5.38. The van der Waals surface area contributed by atoms with Gasteiger partial charge in [0.25, 0.3) is 0 Å². The molecule has 11 heteroatoms. The van der Waals surface area contributed by atoms with Gasteiger partial charge in [-0.2, -0.15) is 23.3 Å². The molecule has 3 aromatic rings. The number of anilines is 4. The van der Waals surface area contributed by atoms with E-state index < -0.39 is 17.6 Å². The van der Waals surface area contributed by atoms with Crippen molar-refractivity contribution >= 4 is 29.4 Å². The van der Waals surface area contributed by atoms with Crippen molar-refractivity contribution in [1.82, 2.24) is 9.97 Å². The van der Waals surface area contributed by atoms with Gasteiger partial charge in [0.2, 0.25) is 5.95 Å². The number of aromatic nitrogens is 2. The Morgan fingerprint density at radius 2 is 1.97 bits per heavy atom. The van der Waals surface area contributed by atoms with Crippen molar-refractivity contribution < 1.29 is 22.3 Å². The van der Waals surface area contributed by atoms with Crippen molar-refractivity contribution in [1.29, 1.82) is 0 Å². The van der Waals surface area contributed by atoms with Crippen LogP contribution in [-0.4, -0.2) is 42.0 Å². The van der Waals surface area contributed by atoms with E-state index in [0.717, 1.165) is 29.5 Å². The molecule has 1 aliphatic heterocycles. The molecule has 0 spiro atoms. The van der Waals surface area contributed by atoms with E-state index >= 15 is 0 Å². The molecule has 0 saturated carbocycles. The topological polar surface area (TPSA) is 74.7 Å². The van der Waals surface area contributed by atoms with Gasteiger partial charge in [0.05, 0.1) is 30.7 Å². The van der Waals surface area contributed by atoms with Gasteiger partial charge in [-0.15, -0.1) is 0 Å². The average molecular weight is 488 g/mol. The highest BCUT2D eigenvalue weighted by molar-refractivity contribution is 5.83. The van der Waals surface area contributed by atoms with Crippen LogP contribution in [0.3, 0.4) is 0 Å². The van der Waals surface area contributed by atoms with Crippen LogP contribution in [0.25, 0.3) is 0 Å². The van der Waals surface area contributed by atoms with Crippen molar-refractivity contribution in [3.05, 3.63) is 71.2 Å². The smallest absolute Gasteiger partial charge is 0.375 e. The molecular formula is C24H24F4N6O. The van der Waals surface area contributed by atoms with Gasteiger partial charge in [-0.3, -0.25) is 0 Å². The van der Waals surface area contributed by atoms with E-state index in [-0.39, 0.29) is 17.9 Å². The number of aryl methyl sites for hydroxylation is 1. The van der Waals surface area contributed by atoms with Crippen LogP contribution in [0.5, 0.6) is 0 Å². The average Bonchev–Trinajstić information content (AvgIpc) is 2.81. The summed E-state index contributed by atoms with van der Waals surface area (Å²) in [7, 11) is 0. The van der Waals surface area contributed by atoms with E-state index in [4.69, 9.17) is 4.74 Å². The van der Waals surface area contributed by atoms with E-state index in [9.17, 15) is 17.6 Å². The molecule has 2 aromatic carbocycles. The Morgan fingerprint density at radius 3 is 2.71 bits per heavy atom. The zero-order valence-electron chi connectivity index (χ0n) is 19.1. The molecule has 7 nitrogen and oxygen atoms in total. The number of hydrogen-bond acceptors (Lipinski definition) is 7. The van der Waals surface area contributed by atoms with Crippen molar-refractivity contribution in [2.45, 2.75) is 26.1 Å². The number of nitrogens with one attached hydrogen (secondary N) is 2. The maximum absolute atomic E-state index is 14.3. The molecule has 1 atom stereocenters. The fourth-order valence-corrected chi connectivity index (χ4v) is 3.64. The van der Waals surface area contributed by atoms with Gasteiger partial charge in [0.15, 0.2) is 11.6 Å². The zero-order chi connectivity index (χ0) is 25.0. The Balaban J connectivity index is 1.42. The summed E-state index contributed by atoms with van der Waals surface area (Å²) in [6, 6.07) is 10.3. The standard InChI is InChI=1S/C24H24F4N6O/c1-15-10-20(31-19-5-3-4-18(11-19)24(26,27)28)7-6-17(15)12-30-33-23-29-13-21(25)22(32-23)34-8-9-35-16(2)14-34/h3-7,10-13,16,31H,8-9,14H2,1-2H3,(H,29,32,33)/b30-12+. The Morgan fingerprint density at radius 1 is 1.17 bits per heavy atom. The Hall–Kier alpha value is -3.73. The third-order valence-corrected chi connectivity index (χ3v) is 5.38. The quantitative estimate of drug-likeness (QED) is 0.277. The molecular weight excluding hydrogens is 464 g/mol. The number of halogens is 4. The summed E-state index contributed by atoms with van der Waals surface area (Å²) >= 11 is 0. The predicted octanol–water partition coefficient (Wildman–Crippen LogP) is 5.36. The first-order valence-corrected chi connectivity index (χ1v) is 10.9. The van der Waals surface area contributed by atoms with Crippen LogP contribution in [0, 0.1) is 12.7 Å². The number of alkyl halides is 3. The summed E-state index contributed by atoms with van der Waals surface area (Å²) in [4.78, 5) is 9.98. The highest BCUT2D eigenvalue weighted by Crippen LogP contribution is 2.31. The van der Waals surface area contributed by atoms with Gasteiger partial charge >= 0.3 is 6.18 Å². The fourth-order valence-electron chi connectivity index (χ4n) is 3.64. The summed E-state index contributed by atoms with van der Waals surface area (Å²) in [6.07, 6.45) is -1.77. The number of rotatable bonds is 6. The van der Waals surface area contributed by atoms with Crippen molar-refractivity contribution in [3.8, 4) is 0 Å². The first-order chi connectivity index (χ1) is 16.7. The lowest BCUT2D eigenvalue weighted by atomic mass is 10.1. The van der Waals surface area contributed by atoms with Gasteiger partial charge < -0.3 is 15.0 Å². The second-order valence-electron chi connectivity index (χ2n) is 8.14. The van der Waals surface area contributed by atoms with Crippen LogP contribution in [0.1, 0.15) is 23.6 Å². The number of morpholine rings is 1. The molecule has 1 aromatic heterocycles. The molecule has 35 heavy (non-hydrogen) atoms. The maximum Gasteiger partial charge on any atom is 0.416 e. The van der Waals surface area contributed by atoms with Crippen LogP contribution < -0.4 is 15.6 Å². The largest absolute Gasteiger partial charge is 0.416 e. The second kappa shape index (κ2) is 10.3. The predicted molar refractivity (Wildman–Crippen MR) is 127 cm³/mol. The Kier molecular flexibility index (Phi) is 7.15. The molecule has 0 bridgehead atoms. The first kappa shape index (κ1) is 24.4. The normalized spacial score (nSPS) is 16.5. The lowest BCUT2D eigenvalue weighted by Crippen LogP contribution is -2.42. The summed E-state index contributed by atoms with van der Waals surface area (Å²) in [5, 5.41) is 7.13. The Bertz CT molecular complexity index is 1220. The molecule has 2 heterocycles. The number of ether oxygens (including phenoxy) is 1. The van der Waals surface area contributed by atoms with E-state index in [1.54, 1.807) is 35.4 Å². The third kappa shape index (κ3) is 6.24. The number of nitrogens with zero attached hydrogens (tertiary/aromatic N) is 4. The van der Waals surface area contributed by atoms with Gasteiger partial charge in [0.1, 0.15) is 0 Å². The molecule has 1 saturated heterocycles. The molecule has 1 aliphatic rings.